The van der Waals surface area contributed by atoms with Gasteiger partial charge >= 0.3 is 11.9 Å². The Labute approximate surface area is 214 Å². The molecular formula is C22H25N7O9. The molecule has 4 atom stereocenters. The zero-order valence-electron chi connectivity index (χ0n) is 20.3. The molecule has 1 fully saturated rings. The third kappa shape index (κ3) is 4.97. The number of ether oxygens (including phenoxy) is 3. The number of carbonyl (C=O) groups is 2. The van der Waals surface area contributed by atoms with Crippen LogP contribution in [0, 0.1) is 0 Å². The maximum Gasteiger partial charge on any atom is 0.342 e. The van der Waals surface area contributed by atoms with Gasteiger partial charge in [0.1, 0.15) is 35.1 Å². The van der Waals surface area contributed by atoms with Crippen LogP contribution in [0.3, 0.4) is 0 Å². The van der Waals surface area contributed by atoms with E-state index in [1.807, 2.05) is 0 Å². The van der Waals surface area contributed by atoms with Crippen LogP contribution in [0.2, 0.25) is 0 Å². The minimum atomic E-state index is -1.44. The SMILES string of the molecule is CCOC(=O)C(C=Nc1nc(-c2[nH]ncc2C(=O)OCC)nc2c1ncn2[C@@H]1O[C@H](CO)[C@@H](O)[C@H]1O)=CO. The highest BCUT2D eigenvalue weighted by Crippen LogP contribution is 2.34. The minimum Gasteiger partial charge on any atom is -0.515 e. The van der Waals surface area contributed by atoms with E-state index in [2.05, 4.69) is 30.1 Å². The number of H-pyrrole nitrogens is 1. The molecule has 4 rings (SSSR count). The predicted octanol–water partition coefficient (Wildman–Crippen LogP) is -0.288. The Morgan fingerprint density at radius 3 is 2.63 bits per heavy atom. The Balaban J connectivity index is 1.87. The lowest BCUT2D eigenvalue weighted by Gasteiger charge is -2.16. The molecule has 16 heteroatoms. The number of aliphatic imine (C=N–C) groups is 1. The van der Waals surface area contributed by atoms with Crippen LogP contribution in [-0.2, 0) is 19.0 Å². The maximum absolute atomic E-state index is 12.4. The third-order valence-corrected chi connectivity index (χ3v) is 5.53. The summed E-state index contributed by atoms with van der Waals surface area (Å²) in [7, 11) is 0. The molecule has 0 aromatic carbocycles. The zero-order chi connectivity index (χ0) is 27.4. The van der Waals surface area contributed by atoms with Crippen LogP contribution < -0.4 is 0 Å². The fraction of sp³-hybridized carbons (Fsp3) is 0.409. The molecule has 202 valence electrons. The smallest absolute Gasteiger partial charge is 0.342 e. The highest BCUT2D eigenvalue weighted by atomic mass is 16.6. The predicted molar refractivity (Wildman–Crippen MR) is 127 cm³/mol. The van der Waals surface area contributed by atoms with Gasteiger partial charge in [-0.15, -0.1) is 0 Å². The number of carbonyl (C=O) groups excluding carboxylic acids is 2. The normalized spacial score (nSPS) is 21.9. The monoisotopic (exact) mass is 531 g/mol. The molecule has 1 saturated heterocycles. The van der Waals surface area contributed by atoms with Crippen molar-refractivity contribution in [1.82, 2.24) is 29.7 Å². The molecule has 3 aromatic rings. The van der Waals surface area contributed by atoms with E-state index in [9.17, 15) is 30.0 Å². The van der Waals surface area contributed by atoms with Crippen LogP contribution in [-0.4, -0.2) is 106 Å². The fourth-order valence-electron chi connectivity index (χ4n) is 3.70. The van der Waals surface area contributed by atoms with Crippen LogP contribution in [0.1, 0.15) is 30.4 Å². The number of aromatic amines is 1. The Kier molecular flexibility index (Phi) is 8.06. The molecule has 38 heavy (non-hydrogen) atoms. The first-order valence-corrected chi connectivity index (χ1v) is 11.5. The Hall–Kier alpha value is -4.25. The van der Waals surface area contributed by atoms with Gasteiger partial charge in [-0.3, -0.25) is 9.67 Å². The lowest BCUT2D eigenvalue weighted by molar-refractivity contribution is -0.137. The van der Waals surface area contributed by atoms with E-state index in [0.717, 1.165) is 6.21 Å². The standard InChI is InChI=1S/C22H25N7O9/c1-3-36-21(34)10(7-30)5-23-17-14-19(29(9-24-14)20-16(33)15(32)12(8-31)38-20)27-18(26-17)13-11(6-25-28-13)22(35)37-4-2/h5-7,9,12,15-16,20,30-33H,3-4,8H2,1-2H3,(H,25,28)/t12-,15-,16-,20-/m1/s1. The van der Waals surface area contributed by atoms with Gasteiger partial charge in [-0.05, 0) is 13.8 Å². The molecule has 0 unspecified atom stereocenters. The molecule has 0 bridgehead atoms. The summed E-state index contributed by atoms with van der Waals surface area (Å²) in [4.78, 5) is 41.7. The summed E-state index contributed by atoms with van der Waals surface area (Å²) >= 11 is 0. The van der Waals surface area contributed by atoms with Gasteiger partial charge in [0.05, 0.1) is 38.6 Å². The van der Waals surface area contributed by atoms with Crippen LogP contribution in [0.15, 0.2) is 29.4 Å². The van der Waals surface area contributed by atoms with Gasteiger partial charge < -0.3 is 34.6 Å². The molecule has 0 aliphatic carbocycles. The van der Waals surface area contributed by atoms with Crippen molar-refractivity contribution in [3.8, 4) is 11.5 Å². The molecule has 3 aromatic heterocycles. The second-order valence-corrected chi connectivity index (χ2v) is 7.87. The van der Waals surface area contributed by atoms with Crippen molar-refractivity contribution >= 4 is 35.1 Å². The lowest BCUT2D eigenvalue weighted by Crippen LogP contribution is -2.33. The molecule has 0 radical (unpaired) electrons. The van der Waals surface area contributed by atoms with Crippen LogP contribution in [0.5, 0.6) is 0 Å². The zero-order valence-corrected chi connectivity index (χ0v) is 20.3. The average molecular weight is 531 g/mol. The maximum atomic E-state index is 12.4. The summed E-state index contributed by atoms with van der Waals surface area (Å²) in [6.07, 6.45) is -1.05. The summed E-state index contributed by atoms with van der Waals surface area (Å²) in [5.74, 6) is -1.69. The van der Waals surface area contributed by atoms with Gasteiger partial charge in [0.2, 0.25) is 0 Å². The highest BCUT2D eigenvalue weighted by molar-refractivity contribution is 6.10. The molecule has 0 saturated carbocycles. The van der Waals surface area contributed by atoms with Gasteiger partial charge in [0, 0.05) is 6.21 Å². The van der Waals surface area contributed by atoms with Crippen molar-refractivity contribution in [3.05, 3.63) is 29.9 Å². The van der Waals surface area contributed by atoms with E-state index in [1.165, 1.54) is 17.1 Å². The van der Waals surface area contributed by atoms with E-state index in [0.29, 0.717) is 6.26 Å². The van der Waals surface area contributed by atoms with Crippen molar-refractivity contribution in [2.24, 2.45) is 4.99 Å². The Bertz CT molecular complexity index is 1380. The molecule has 1 aliphatic rings. The van der Waals surface area contributed by atoms with Crippen molar-refractivity contribution in [1.29, 1.82) is 0 Å². The number of hydrogen-bond donors (Lipinski definition) is 5. The minimum absolute atomic E-state index is 0.0302. The third-order valence-electron chi connectivity index (χ3n) is 5.53. The second kappa shape index (κ2) is 11.4. The molecule has 16 nitrogen and oxygen atoms in total. The Morgan fingerprint density at radius 1 is 1.21 bits per heavy atom. The summed E-state index contributed by atoms with van der Waals surface area (Å²) < 4.78 is 16.8. The van der Waals surface area contributed by atoms with Crippen molar-refractivity contribution in [3.63, 3.8) is 0 Å². The van der Waals surface area contributed by atoms with Crippen LogP contribution in [0.25, 0.3) is 22.7 Å². The van der Waals surface area contributed by atoms with E-state index in [-0.39, 0.29) is 52.9 Å². The van der Waals surface area contributed by atoms with Crippen molar-refractivity contribution < 1.29 is 44.2 Å². The van der Waals surface area contributed by atoms with Gasteiger partial charge in [-0.25, -0.2) is 29.5 Å². The first kappa shape index (κ1) is 26.8. The summed E-state index contributed by atoms with van der Waals surface area (Å²) in [6.45, 7) is 2.87. The number of esters is 2. The quantitative estimate of drug-likeness (QED) is 0.104. The summed E-state index contributed by atoms with van der Waals surface area (Å²) in [6, 6.07) is 0. The largest absolute Gasteiger partial charge is 0.515 e. The number of imidazole rings is 1. The Morgan fingerprint density at radius 2 is 1.97 bits per heavy atom. The number of aliphatic hydroxyl groups is 4. The number of nitrogens with one attached hydrogen (secondary N) is 1. The molecule has 0 amide bonds. The summed E-state index contributed by atoms with van der Waals surface area (Å²) in [5.41, 5.74) is -0.0217. The van der Waals surface area contributed by atoms with Gasteiger partial charge in [-0.2, -0.15) is 5.10 Å². The second-order valence-electron chi connectivity index (χ2n) is 7.87. The van der Waals surface area contributed by atoms with Gasteiger partial charge in [0.15, 0.2) is 29.0 Å². The van der Waals surface area contributed by atoms with E-state index in [4.69, 9.17) is 14.2 Å². The van der Waals surface area contributed by atoms with Gasteiger partial charge in [0.25, 0.3) is 0 Å². The highest BCUT2D eigenvalue weighted by Gasteiger charge is 2.44. The molecule has 5 N–H and O–H groups in total. The first-order chi connectivity index (χ1) is 18.3. The van der Waals surface area contributed by atoms with Crippen LogP contribution in [0.4, 0.5) is 5.82 Å². The van der Waals surface area contributed by atoms with E-state index >= 15 is 0 Å². The first-order valence-electron chi connectivity index (χ1n) is 11.5. The molecule has 0 spiro atoms. The molecule has 4 heterocycles. The summed E-state index contributed by atoms with van der Waals surface area (Å²) in [5, 5.41) is 46.2. The van der Waals surface area contributed by atoms with E-state index in [1.54, 1.807) is 13.8 Å². The topological polar surface area (TPSA) is 227 Å². The van der Waals surface area contributed by atoms with Gasteiger partial charge in [-0.1, -0.05) is 0 Å². The number of rotatable bonds is 9. The number of aromatic nitrogens is 6. The molecule has 1 aliphatic heterocycles. The number of fused-ring (bicyclic) bond motifs is 1. The lowest BCUT2D eigenvalue weighted by atomic mass is 10.1. The number of nitrogens with zero attached hydrogens (tertiary/aromatic N) is 6. The fourth-order valence-corrected chi connectivity index (χ4v) is 3.70. The number of hydrogen-bond acceptors (Lipinski definition) is 14. The van der Waals surface area contributed by atoms with Crippen LogP contribution >= 0.6 is 0 Å². The molecular weight excluding hydrogens is 506 g/mol. The van der Waals surface area contributed by atoms with E-state index < -0.39 is 43.1 Å². The van der Waals surface area contributed by atoms with Crippen molar-refractivity contribution in [2.45, 2.75) is 38.4 Å². The number of aliphatic hydroxyl groups excluding tert-OH is 4. The van der Waals surface area contributed by atoms with Crippen molar-refractivity contribution in [2.75, 3.05) is 19.8 Å². The average Bonchev–Trinajstić information content (AvgIpc) is 3.63.